The average Bonchev–Trinajstić information content (AvgIpc) is 2.66. The fourth-order valence-electron chi connectivity index (χ4n) is 1.46. The lowest BCUT2D eigenvalue weighted by Gasteiger charge is -1.93. The van der Waals surface area contributed by atoms with Gasteiger partial charge in [-0.25, -0.2) is 9.78 Å². The molecule has 90 valence electrons. The Balaban J connectivity index is 2.51. The molecule has 8 heteroatoms. The van der Waals surface area contributed by atoms with Crippen LogP contribution >= 0.6 is 0 Å². The van der Waals surface area contributed by atoms with Gasteiger partial charge in [0.05, 0.1) is 6.42 Å². The predicted octanol–water partition coefficient (Wildman–Crippen LogP) is -1.03. The largest absolute Gasteiger partial charge is 0.481 e. The van der Waals surface area contributed by atoms with Gasteiger partial charge in [-0.05, 0) is 0 Å². The Morgan fingerprint density at radius 2 is 2.12 bits per heavy atom. The molecular formula is C9H10N4O4. The van der Waals surface area contributed by atoms with E-state index in [9.17, 15) is 14.4 Å². The van der Waals surface area contributed by atoms with Crippen molar-refractivity contribution in [2.45, 2.75) is 12.8 Å². The Bertz CT molecular complexity index is 693. The van der Waals surface area contributed by atoms with Crippen LogP contribution in [0, 0.1) is 0 Å². The van der Waals surface area contributed by atoms with Crippen molar-refractivity contribution < 1.29 is 9.90 Å². The number of hydrogen-bond donors (Lipinski definition) is 3. The van der Waals surface area contributed by atoms with E-state index in [2.05, 4.69) is 15.0 Å². The Morgan fingerprint density at radius 3 is 2.76 bits per heavy atom. The molecule has 0 amide bonds. The van der Waals surface area contributed by atoms with Crippen LogP contribution in [0.2, 0.25) is 0 Å². The second kappa shape index (κ2) is 3.89. The highest BCUT2D eigenvalue weighted by Gasteiger charge is 2.10. The molecule has 2 rings (SSSR count). The van der Waals surface area contributed by atoms with Gasteiger partial charge in [-0.2, -0.15) is 0 Å². The number of imidazole rings is 1. The molecule has 0 saturated carbocycles. The van der Waals surface area contributed by atoms with Crippen LogP contribution < -0.4 is 11.2 Å². The summed E-state index contributed by atoms with van der Waals surface area (Å²) in [6, 6.07) is 0. The van der Waals surface area contributed by atoms with Crippen molar-refractivity contribution in [3.05, 3.63) is 26.7 Å². The molecule has 0 bridgehead atoms. The number of carbonyl (C=O) groups is 1. The number of carboxylic acids is 1. The highest BCUT2D eigenvalue weighted by atomic mass is 16.4. The molecule has 2 heterocycles. The van der Waals surface area contributed by atoms with Crippen molar-refractivity contribution in [3.63, 3.8) is 0 Å². The summed E-state index contributed by atoms with van der Waals surface area (Å²) in [5.74, 6) is -0.590. The summed E-state index contributed by atoms with van der Waals surface area (Å²) in [5, 5.41) is 8.53. The Morgan fingerprint density at radius 1 is 1.41 bits per heavy atom. The van der Waals surface area contributed by atoms with Crippen LogP contribution in [-0.4, -0.2) is 30.6 Å². The van der Waals surface area contributed by atoms with E-state index in [1.165, 1.54) is 7.05 Å². The minimum absolute atomic E-state index is 0.0929. The van der Waals surface area contributed by atoms with Crippen molar-refractivity contribution in [2.75, 3.05) is 0 Å². The molecule has 0 aliphatic carbocycles. The van der Waals surface area contributed by atoms with Gasteiger partial charge < -0.3 is 10.1 Å². The number of hydrogen-bond acceptors (Lipinski definition) is 4. The fourth-order valence-corrected chi connectivity index (χ4v) is 1.46. The maximum Gasteiger partial charge on any atom is 0.329 e. The summed E-state index contributed by atoms with van der Waals surface area (Å²) in [4.78, 5) is 42.4. The smallest absolute Gasteiger partial charge is 0.329 e. The molecule has 0 atom stereocenters. The lowest BCUT2D eigenvalue weighted by Crippen LogP contribution is -2.32. The third-order valence-corrected chi connectivity index (χ3v) is 2.38. The van der Waals surface area contributed by atoms with Crippen molar-refractivity contribution in [1.29, 1.82) is 0 Å². The van der Waals surface area contributed by atoms with E-state index in [-0.39, 0.29) is 24.0 Å². The topological polar surface area (TPSA) is 121 Å². The molecule has 2 aromatic heterocycles. The van der Waals surface area contributed by atoms with Crippen LogP contribution in [0.3, 0.4) is 0 Å². The van der Waals surface area contributed by atoms with Crippen LogP contribution in [-0.2, 0) is 18.3 Å². The van der Waals surface area contributed by atoms with Crippen LogP contribution in [0.4, 0.5) is 0 Å². The molecule has 8 nitrogen and oxygen atoms in total. The van der Waals surface area contributed by atoms with Crippen molar-refractivity contribution in [2.24, 2.45) is 7.05 Å². The van der Waals surface area contributed by atoms with E-state index < -0.39 is 17.2 Å². The number of nitrogens with zero attached hydrogens (tertiary/aromatic N) is 2. The van der Waals surface area contributed by atoms with E-state index in [4.69, 9.17) is 5.11 Å². The third-order valence-electron chi connectivity index (χ3n) is 2.38. The van der Waals surface area contributed by atoms with Gasteiger partial charge in [0.15, 0.2) is 5.65 Å². The minimum atomic E-state index is -0.952. The molecule has 0 aliphatic rings. The SMILES string of the molecule is Cn1c(=O)[nH]c2nc(CCC(=O)O)[nH]c2c1=O. The van der Waals surface area contributed by atoms with Crippen molar-refractivity contribution in [1.82, 2.24) is 19.5 Å². The summed E-state index contributed by atoms with van der Waals surface area (Å²) in [7, 11) is 1.35. The first-order chi connectivity index (χ1) is 7.99. The maximum absolute atomic E-state index is 11.7. The van der Waals surface area contributed by atoms with Gasteiger partial charge in [0.1, 0.15) is 11.3 Å². The lowest BCUT2D eigenvalue weighted by molar-refractivity contribution is -0.137. The van der Waals surface area contributed by atoms with Crippen LogP contribution in [0.1, 0.15) is 12.2 Å². The summed E-state index contributed by atoms with van der Waals surface area (Å²) >= 11 is 0. The molecule has 0 unspecified atom stereocenters. The fraction of sp³-hybridized carbons (Fsp3) is 0.333. The van der Waals surface area contributed by atoms with Crippen molar-refractivity contribution >= 4 is 17.1 Å². The quantitative estimate of drug-likeness (QED) is 0.631. The van der Waals surface area contributed by atoms with E-state index in [0.29, 0.717) is 5.82 Å². The molecule has 17 heavy (non-hydrogen) atoms. The molecule has 0 saturated heterocycles. The van der Waals surface area contributed by atoms with Crippen LogP contribution in [0.25, 0.3) is 11.2 Å². The second-order valence-electron chi connectivity index (χ2n) is 3.60. The summed E-state index contributed by atoms with van der Waals surface area (Å²) in [6.45, 7) is 0. The van der Waals surface area contributed by atoms with E-state index >= 15 is 0 Å². The molecule has 0 aliphatic heterocycles. The summed E-state index contributed by atoms with van der Waals surface area (Å²) in [5.41, 5.74) is -0.720. The highest BCUT2D eigenvalue weighted by Crippen LogP contribution is 2.03. The van der Waals surface area contributed by atoms with Crippen LogP contribution in [0.15, 0.2) is 9.59 Å². The zero-order valence-corrected chi connectivity index (χ0v) is 8.98. The molecular weight excluding hydrogens is 228 g/mol. The number of rotatable bonds is 3. The van der Waals surface area contributed by atoms with E-state index in [1.807, 2.05) is 0 Å². The van der Waals surface area contributed by atoms with Gasteiger partial charge in [0.2, 0.25) is 0 Å². The summed E-state index contributed by atoms with van der Waals surface area (Å²) < 4.78 is 0.918. The molecule has 3 N–H and O–H groups in total. The summed E-state index contributed by atoms with van der Waals surface area (Å²) in [6.07, 6.45) is 0.0829. The maximum atomic E-state index is 11.7. The van der Waals surface area contributed by atoms with Gasteiger partial charge in [-0.3, -0.25) is 19.1 Å². The Labute approximate surface area is 93.9 Å². The molecule has 0 spiro atoms. The van der Waals surface area contributed by atoms with E-state index in [0.717, 1.165) is 4.57 Å². The molecule has 0 fully saturated rings. The van der Waals surface area contributed by atoms with Gasteiger partial charge >= 0.3 is 11.7 Å². The number of H-pyrrole nitrogens is 2. The number of carboxylic acid groups (broad SMARTS) is 1. The number of aromatic nitrogens is 4. The number of aliphatic carboxylic acids is 1. The second-order valence-corrected chi connectivity index (χ2v) is 3.60. The minimum Gasteiger partial charge on any atom is -0.481 e. The first-order valence-corrected chi connectivity index (χ1v) is 4.88. The molecule has 0 aromatic carbocycles. The number of fused-ring (bicyclic) bond motifs is 1. The molecule has 0 radical (unpaired) electrons. The van der Waals surface area contributed by atoms with Crippen LogP contribution in [0.5, 0.6) is 0 Å². The highest BCUT2D eigenvalue weighted by molar-refractivity contribution is 5.70. The number of aromatic amines is 2. The van der Waals surface area contributed by atoms with Crippen molar-refractivity contribution in [3.8, 4) is 0 Å². The number of aryl methyl sites for hydroxylation is 1. The lowest BCUT2D eigenvalue weighted by atomic mass is 10.3. The predicted molar refractivity (Wildman–Crippen MR) is 57.9 cm³/mol. The normalized spacial score (nSPS) is 10.9. The molecule has 2 aromatic rings. The average molecular weight is 238 g/mol. The van der Waals surface area contributed by atoms with Gasteiger partial charge in [0.25, 0.3) is 5.56 Å². The monoisotopic (exact) mass is 238 g/mol. The van der Waals surface area contributed by atoms with Gasteiger partial charge in [-0.15, -0.1) is 0 Å². The third kappa shape index (κ3) is 1.96. The first kappa shape index (κ1) is 11.1. The zero-order valence-electron chi connectivity index (χ0n) is 8.98. The Hall–Kier alpha value is -2.38. The number of nitrogens with one attached hydrogen (secondary N) is 2. The van der Waals surface area contributed by atoms with Gasteiger partial charge in [0, 0.05) is 13.5 Å². The zero-order chi connectivity index (χ0) is 12.6. The first-order valence-electron chi connectivity index (χ1n) is 4.88. The Kier molecular flexibility index (Phi) is 2.54. The van der Waals surface area contributed by atoms with Gasteiger partial charge in [-0.1, -0.05) is 0 Å². The van der Waals surface area contributed by atoms with E-state index in [1.54, 1.807) is 0 Å². The standard InChI is InChI=1S/C9H10N4O4/c1-13-8(16)6-7(12-9(13)17)11-4(10-6)2-3-5(14)15/h2-3H2,1H3,(H,10,11)(H,12,17)(H,14,15).